The Morgan fingerprint density at radius 3 is 2.27 bits per heavy atom. The van der Waals surface area contributed by atoms with Crippen LogP contribution >= 0.6 is 0 Å². The molecular formula is C19H13F5O2. The Balaban J connectivity index is 2.35. The van der Waals surface area contributed by atoms with E-state index in [-0.39, 0.29) is 33.8 Å². The molecule has 2 aromatic carbocycles. The fourth-order valence-corrected chi connectivity index (χ4v) is 2.70. The van der Waals surface area contributed by atoms with Crippen LogP contribution in [0.1, 0.15) is 30.9 Å². The highest BCUT2D eigenvalue weighted by Gasteiger charge is 2.32. The molecule has 7 heteroatoms. The number of hydrogen-bond acceptors (Lipinski definition) is 2. The minimum absolute atomic E-state index is 0.0424. The molecule has 26 heavy (non-hydrogen) atoms. The molecule has 0 aliphatic heterocycles. The van der Waals surface area contributed by atoms with Gasteiger partial charge in [0.2, 0.25) is 0 Å². The van der Waals surface area contributed by atoms with Crippen LogP contribution < -0.4 is 5.43 Å². The molecule has 0 fully saturated rings. The zero-order valence-electron chi connectivity index (χ0n) is 13.7. The van der Waals surface area contributed by atoms with Crippen molar-refractivity contribution < 1.29 is 26.4 Å². The molecule has 136 valence electrons. The fourth-order valence-electron chi connectivity index (χ4n) is 2.70. The Kier molecular flexibility index (Phi) is 4.34. The van der Waals surface area contributed by atoms with E-state index in [0.29, 0.717) is 6.07 Å². The normalized spacial score (nSPS) is 12.2. The van der Waals surface area contributed by atoms with Crippen molar-refractivity contribution in [2.45, 2.75) is 25.9 Å². The largest absolute Gasteiger partial charge is 0.455 e. The Morgan fingerprint density at radius 2 is 1.69 bits per heavy atom. The van der Waals surface area contributed by atoms with Crippen LogP contribution in [-0.4, -0.2) is 0 Å². The van der Waals surface area contributed by atoms with Gasteiger partial charge in [-0.25, -0.2) is 8.78 Å². The maximum Gasteiger partial charge on any atom is 0.416 e. The number of rotatable bonds is 2. The van der Waals surface area contributed by atoms with Gasteiger partial charge in [0.25, 0.3) is 0 Å². The second-order valence-electron chi connectivity index (χ2n) is 6.19. The van der Waals surface area contributed by atoms with E-state index in [1.165, 1.54) is 0 Å². The summed E-state index contributed by atoms with van der Waals surface area (Å²) in [6, 6.07) is 5.28. The highest BCUT2D eigenvalue weighted by atomic mass is 19.4. The summed E-state index contributed by atoms with van der Waals surface area (Å²) in [5.41, 5.74) is -1.71. The maximum absolute atomic E-state index is 14.0. The van der Waals surface area contributed by atoms with E-state index >= 15 is 0 Å². The molecule has 0 aliphatic carbocycles. The monoisotopic (exact) mass is 368 g/mol. The van der Waals surface area contributed by atoms with Crippen LogP contribution in [0.25, 0.3) is 22.3 Å². The van der Waals surface area contributed by atoms with Crippen molar-refractivity contribution in [3.8, 4) is 11.3 Å². The molecular weight excluding hydrogens is 355 g/mol. The zero-order valence-corrected chi connectivity index (χ0v) is 13.7. The number of benzene rings is 2. The second kappa shape index (κ2) is 6.23. The third kappa shape index (κ3) is 3.21. The molecule has 0 N–H and O–H groups in total. The number of hydrogen-bond donors (Lipinski definition) is 0. The van der Waals surface area contributed by atoms with Gasteiger partial charge in [0, 0.05) is 12.1 Å². The lowest BCUT2D eigenvalue weighted by Crippen LogP contribution is -2.10. The van der Waals surface area contributed by atoms with Gasteiger partial charge in [0.1, 0.15) is 23.0 Å². The lowest BCUT2D eigenvalue weighted by Gasteiger charge is -2.14. The predicted octanol–water partition coefficient (Wildman–Crippen LogP) is 5.88. The first-order valence-electron chi connectivity index (χ1n) is 7.72. The van der Waals surface area contributed by atoms with Gasteiger partial charge in [-0.05, 0) is 35.7 Å². The van der Waals surface area contributed by atoms with Gasteiger partial charge in [-0.3, -0.25) is 4.79 Å². The smallest absolute Gasteiger partial charge is 0.416 e. The highest BCUT2D eigenvalue weighted by molar-refractivity contribution is 5.83. The van der Waals surface area contributed by atoms with Gasteiger partial charge in [-0.2, -0.15) is 13.2 Å². The average molecular weight is 368 g/mol. The van der Waals surface area contributed by atoms with E-state index in [1.807, 2.05) is 0 Å². The first-order valence-corrected chi connectivity index (χ1v) is 7.72. The van der Waals surface area contributed by atoms with Gasteiger partial charge < -0.3 is 4.42 Å². The maximum atomic E-state index is 14.0. The molecule has 0 amide bonds. The van der Waals surface area contributed by atoms with Crippen LogP contribution in [-0.2, 0) is 6.18 Å². The number of fused-ring (bicyclic) bond motifs is 1. The van der Waals surface area contributed by atoms with E-state index < -0.39 is 28.8 Å². The molecule has 0 unspecified atom stereocenters. The zero-order chi connectivity index (χ0) is 19.2. The molecule has 0 radical (unpaired) electrons. The summed E-state index contributed by atoms with van der Waals surface area (Å²) in [6.07, 6.45) is -4.62. The molecule has 3 rings (SSSR count). The SMILES string of the molecule is CC(C)c1cc(C(F)(F)F)cc2c(=O)cc(-c3ccc(F)cc3F)oc12. The summed E-state index contributed by atoms with van der Waals surface area (Å²) in [5, 5.41) is -0.241. The molecule has 2 nitrogen and oxygen atoms in total. The summed E-state index contributed by atoms with van der Waals surface area (Å²) >= 11 is 0. The predicted molar refractivity (Wildman–Crippen MR) is 86.9 cm³/mol. The van der Waals surface area contributed by atoms with Gasteiger partial charge in [0.15, 0.2) is 5.43 Å². The minimum atomic E-state index is -4.62. The third-order valence-corrected chi connectivity index (χ3v) is 4.00. The molecule has 1 heterocycles. The van der Waals surface area contributed by atoms with Gasteiger partial charge in [-0.1, -0.05) is 13.8 Å². The van der Waals surface area contributed by atoms with Gasteiger partial charge >= 0.3 is 6.18 Å². The van der Waals surface area contributed by atoms with Crippen LogP contribution in [0, 0.1) is 11.6 Å². The molecule has 0 saturated carbocycles. The van der Waals surface area contributed by atoms with E-state index in [4.69, 9.17) is 4.42 Å². The topological polar surface area (TPSA) is 30.2 Å². The second-order valence-corrected chi connectivity index (χ2v) is 6.19. The van der Waals surface area contributed by atoms with Crippen molar-refractivity contribution in [1.82, 2.24) is 0 Å². The van der Waals surface area contributed by atoms with Gasteiger partial charge in [0.05, 0.1) is 16.5 Å². The standard InChI is InChI=1S/C19H13F5O2/c1-9(2)13-5-10(19(22,23)24)6-14-16(25)8-17(26-18(13)14)12-4-3-11(20)7-15(12)21/h3-9H,1-2H3. The quantitative estimate of drug-likeness (QED) is 0.529. The summed E-state index contributed by atoms with van der Waals surface area (Å²) in [5.74, 6) is -2.30. The van der Waals surface area contributed by atoms with Gasteiger partial charge in [-0.15, -0.1) is 0 Å². The Morgan fingerprint density at radius 1 is 1.00 bits per heavy atom. The van der Waals surface area contributed by atoms with Crippen molar-refractivity contribution >= 4 is 11.0 Å². The van der Waals surface area contributed by atoms with E-state index in [1.54, 1.807) is 13.8 Å². The van der Waals surface area contributed by atoms with E-state index in [9.17, 15) is 26.7 Å². The Labute approximate surface area is 144 Å². The van der Waals surface area contributed by atoms with Crippen molar-refractivity contribution in [3.05, 3.63) is 69.4 Å². The lowest BCUT2D eigenvalue weighted by atomic mass is 9.97. The molecule has 0 saturated heterocycles. The van der Waals surface area contributed by atoms with Crippen LogP contribution in [0.4, 0.5) is 22.0 Å². The van der Waals surface area contributed by atoms with Crippen molar-refractivity contribution in [1.29, 1.82) is 0 Å². The Bertz CT molecular complexity index is 1050. The Hall–Kier alpha value is -2.70. The van der Waals surface area contributed by atoms with Crippen LogP contribution in [0.15, 0.2) is 45.6 Å². The number of halogens is 5. The molecule has 1 aromatic heterocycles. The number of alkyl halides is 3. The van der Waals surface area contributed by atoms with Crippen LogP contribution in [0.3, 0.4) is 0 Å². The first kappa shape index (κ1) is 18.1. The molecule has 0 aliphatic rings. The molecule has 0 bridgehead atoms. The average Bonchev–Trinajstić information content (AvgIpc) is 2.52. The van der Waals surface area contributed by atoms with E-state index in [0.717, 1.165) is 30.3 Å². The minimum Gasteiger partial charge on any atom is -0.455 e. The fraction of sp³-hybridized carbons (Fsp3) is 0.211. The summed E-state index contributed by atoms with van der Waals surface area (Å²) < 4.78 is 72.0. The van der Waals surface area contributed by atoms with Crippen molar-refractivity contribution in [3.63, 3.8) is 0 Å². The third-order valence-electron chi connectivity index (χ3n) is 4.00. The van der Waals surface area contributed by atoms with Crippen molar-refractivity contribution in [2.24, 2.45) is 0 Å². The summed E-state index contributed by atoms with van der Waals surface area (Å²) in [4.78, 5) is 12.4. The first-order chi connectivity index (χ1) is 12.1. The van der Waals surface area contributed by atoms with Crippen LogP contribution in [0.5, 0.6) is 0 Å². The van der Waals surface area contributed by atoms with Crippen molar-refractivity contribution in [2.75, 3.05) is 0 Å². The molecule has 0 atom stereocenters. The summed E-state index contributed by atoms with van der Waals surface area (Å²) in [7, 11) is 0. The molecule has 3 aromatic rings. The van der Waals surface area contributed by atoms with E-state index in [2.05, 4.69) is 0 Å². The summed E-state index contributed by atoms with van der Waals surface area (Å²) in [6.45, 7) is 3.31. The van der Waals surface area contributed by atoms with Crippen LogP contribution in [0.2, 0.25) is 0 Å². The highest BCUT2D eigenvalue weighted by Crippen LogP contribution is 2.36. The lowest BCUT2D eigenvalue weighted by molar-refractivity contribution is -0.137. The molecule has 0 spiro atoms.